The quantitative estimate of drug-likeness (QED) is 0.759. The zero-order chi connectivity index (χ0) is 18.5. The number of nitrogens with one attached hydrogen (secondary N) is 1. The molecule has 0 bridgehead atoms. The molecular weight excluding hydrogens is 330 g/mol. The van der Waals surface area contributed by atoms with Crippen LogP contribution in [0.4, 0.5) is 0 Å². The fourth-order valence-electron chi connectivity index (χ4n) is 2.25. The van der Waals surface area contributed by atoms with E-state index >= 15 is 0 Å². The predicted molar refractivity (Wildman–Crippen MR) is 92.4 cm³/mol. The maximum absolute atomic E-state index is 12.8. The van der Waals surface area contributed by atoms with Gasteiger partial charge in [0, 0.05) is 0 Å². The second-order valence-corrected chi connectivity index (χ2v) is 8.80. The highest BCUT2D eigenvalue weighted by Gasteiger charge is 2.35. The zero-order valence-corrected chi connectivity index (χ0v) is 15.9. The van der Waals surface area contributed by atoms with Gasteiger partial charge in [0.1, 0.15) is 5.75 Å². The molecule has 6 nitrogen and oxygen atoms in total. The Hall–Kier alpha value is -1.60. The van der Waals surface area contributed by atoms with Crippen LogP contribution in [0.1, 0.15) is 41.0 Å². The molecule has 2 unspecified atom stereocenters. The van der Waals surface area contributed by atoms with Crippen molar-refractivity contribution in [2.75, 3.05) is 7.11 Å². The highest BCUT2D eigenvalue weighted by molar-refractivity contribution is 7.92. The van der Waals surface area contributed by atoms with Crippen molar-refractivity contribution in [2.45, 2.75) is 56.8 Å². The van der Waals surface area contributed by atoms with Crippen molar-refractivity contribution in [2.24, 2.45) is 5.92 Å². The minimum absolute atomic E-state index is 0.173. The van der Waals surface area contributed by atoms with Gasteiger partial charge >= 0.3 is 0 Å². The summed E-state index contributed by atoms with van der Waals surface area (Å²) in [6.07, 6.45) is 0.318. The van der Waals surface area contributed by atoms with E-state index in [0.717, 1.165) is 0 Å². The molecular formula is C17H27NO5S. The molecule has 136 valence electrons. The van der Waals surface area contributed by atoms with Gasteiger partial charge in [-0.05, 0) is 51.5 Å². The number of amides is 1. The van der Waals surface area contributed by atoms with Crippen LogP contribution in [0.15, 0.2) is 29.2 Å². The van der Waals surface area contributed by atoms with Crippen LogP contribution in [0.25, 0.3) is 0 Å². The standard InChI is InChI=1S/C17H27NO5S/c1-7-15(12(2)16(19)18-23-17(3,4)5)24(20,21)14-10-8-13(22-6)9-11-14/h8-12,15H,7H2,1-6H3,(H,18,19). The molecule has 1 aromatic carbocycles. The summed E-state index contributed by atoms with van der Waals surface area (Å²) in [5.41, 5.74) is 1.81. The third-order valence-corrected chi connectivity index (χ3v) is 6.09. The van der Waals surface area contributed by atoms with E-state index in [1.165, 1.54) is 19.2 Å². The maximum Gasteiger partial charge on any atom is 0.247 e. The Morgan fingerprint density at radius 3 is 2.17 bits per heavy atom. The Kier molecular flexibility index (Phi) is 6.80. The molecule has 0 aliphatic carbocycles. The van der Waals surface area contributed by atoms with Crippen molar-refractivity contribution >= 4 is 15.7 Å². The molecule has 24 heavy (non-hydrogen) atoms. The lowest BCUT2D eigenvalue weighted by atomic mass is 10.1. The fraction of sp³-hybridized carbons (Fsp3) is 0.588. The van der Waals surface area contributed by atoms with Gasteiger partial charge in [-0.2, -0.15) is 0 Å². The van der Waals surface area contributed by atoms with Crippen molar-refractivity contribution in [3.05, 3.63) is 24.3 Å². The molecule has 0 saturated heterocycles. The smallest absolute Gasteiger partial charge is 0.247 e. The third kappa shape index (κ3) is 5.21. The summed E-state index contributed by atoms with van der Waals surface area (Å²) in [6.45, 7) is 8.73. The summed E-state index contributed by atoms with van der Waals surface area (Å²) in [5, 5.41) is -0.838. The van der Waals surface area contributed by atoms with Crippen molar-refractivity contribution in [3.63, 3.8) is 0 Å². The molecule has 1 amide bonds. The van der Waals surface area contributed by atoms with Gasteiger partial charge < -0.3 is 4.74 Å². The van der Waals surface area contributed by atoms with Crippen LogP contribution in [0, 0.1) is 5.92 Å². The van der Waals surface area contributed by atoms with Crippen LogP contribution >= 0.6 is 0 Å². The second-order valence-electron chi connectivity index (χ2n) is 6.64. The van der Waals surface area contributed by atoms with Crippen LogP contribution in [-0.2, 0) is 19.5 Å². The first-order chi connectivity index (χ1) is 11.0. The molecule has 0 heterocycles. The van der Waals surface area contributed by atoms with E-state index in [0.29, 0.717) is 12.2 Å². The first-order valence-electron chi connectivity index (χ1n) is 7.88. The number of carbonyl (C=O) groups is 1. The molecule has 1 aromatic rings. The van der Waals surface area contributed by atoms with Crippen LogP contribution in [-0.4, -0.2) is 32.3 Å². The lowest BCUT2D eigenvalue weighted by Crippen LogP contribution is -2.42. The molecule has 0 aromatic heterocycles. The van der Waals surface area contributed by atoms with Gasteiger partial charge in [0.25, 0.3) is 0 Å². The molecule has 0 aliphatic heterocycles. The number of rotatable bonds is 7. The highest BCUT2D eigenvalue weighted by atomic mass is 32.2. The second kappa shape index (κ2) is 7.98. The molecule has 1 rings (SSSR count). The van der Waals surface area contributed by atoms with Crippen molar-refractivity contribution in [1.29, 1.82) is 0 Å². The van der Waals surface area contributed by atoms with E-state index in [1.807, 2.05) is 0 Å². The molecule has 0 saturated carbocycles. The Labute approximate surface area is 144 Å². The van der Waals surface area contributed by atoms with Crippen LogP contribution in [0.5, 0.6) is 5.75 Å². The van der Waals surface area contributed by atoms with Crippen molar-refractivity contribution < 1.29 is 22.8 Å². The topological polar surface area (TPSA) is 81.7 Å². The molecule has 0 aliphatic rings. The van der Waals surface area contributed by atoms with Gasteiger partial charge in [-0.25, -0.2) is 13.9 Å². The molecule has 7 heteroatoms. The minimum atomic E-state index is -3.65. The Morgan fingerprint density at radius 2 is 1.75 bits per heavy atom. The lowest BCUT2D eigenvalue weighted by Gasteiger charge is -2.25. The summed E-state index contributed by atoms with van der Waals surface area (Å²) in [4.78, 5) is 17.7. The fourth-order valence-corrected chi connectivity index (χ4v) is 4.21. The van der Waals surface area contributed by atoms with E-state index in [4.69, 9.17) is 9.57 Å². The molecule has 0 fully saturated rings. The van der Waals surface area contributed by atoms with Gasteiger partial charge in [0.15, 0.2) is 9.84 Å². The Balaban J connectivity index is 2.98. The predicted octanol–water partition coefficient (Wildman–Crippen LogP) is 2.73. The first-order valence-corrected chi connectivity index (χ1v) is 9.43. The monoisotopic (exact) mass is 357 g/mol. The molecule has 2 atom stereocenters. The number of hydroxylamine groups is 1. The minimum Gasteiger partial charge on any atom is -0.497 e. The number of hydrogen-bond donors (Lipinski definition) is 1. The van der Waals surface area contributed by atoms with Gasteiger partial charge in [0.05, 0.1) is 28.8 Å². The van der Waals surface area contributed by atoms with Gasteiger partial charge in [-0.3, -0.25) is 9.63 Å². The SMILES string of the molecule is CCC(C(C)C(=O)NOC(C)(C)C)S(=O)(=O)c1ccc(OC)cc1. The largest absolute Gasteiger partial charge is 0.497 e. The van der Waals surface area contributed by atoms with E-state index in [9.17, 15) is 13.2 Å². The van der Waals surface area contributed by atoms with E-state index in [2.05, 4.69) is 5.48 Å². The Morgan fingerprint density at radius 1 is 1.21 bits per heavy atom. The molecule has 0 spiro atoms. The van der Waals surface area contributed by atoms with Crippen LogP contribution in [0.3, 0.4) is 0 Å². The molecule has 1 N–H and O–H groups in total. The van der Waals surface area contributed by atoms with Gasteiger partial charge in [-0.15, -0.1) is 0 Å². The zero-order valence-electron chi connectivity index (χ0n) is 15.1. The Bertz CT molecular complexity index is 647. The summed E-state index contributed by atoms with van der Waals surface area (Å²) in [7, 11) is -2.13. The number of benzene rings is 1. The summed E-state index contributed by atoms with van der Waals surface area (Å²) in [6, 6.07) is 6.17. The number of methoxy groups -OCH3 is 1. The summed E-state index contributed by atoms with van der Waals surface area (Å²) < 4.78 is 30.7. The third-order valence-electron chi connectivity index (χ3n) is 3.62. The van der Waals surface area contributed by atoms with Crippen molar-refractivity contribution in [3.8, 4) is 5.75 Å². The average molecular weight is 357 g/mol. The van der Waals surface area contributed by atoms with E-state index < -0.39 is 32.5 Å². The van der Waals surface area contributed by atoms with E-state index in [-0.39, 0.29) is 4.90 Å². The van der Waals surface area contributed by atoms with Crippen LogP contribution in [0.2, 0.25) is 0 Å². The molecule has 0 radical (unpaired) electrons. The van der Waals surface area contributed by atoms with Crippen LogP contribution < -0.4 is 10.2 Å². The highest BCUT2D eigenvalue weighted by Crippen LogP contribution is 2.26. The number of carbonyl (C=O) groups excluding carboxylic acids is 1. The van der Waals surface area contributed by atoms with Gasteiger partial charge in [-0.1, -0.05) is 13.8 Å². The number of hydrogen-bond acceptors (Lipinski definition) is 5. The number of sulfone groups is 1. The summed E-state index contributed by atoms with van der Waals surface area (Å²) >= 11 is 0. The summed E-state index contributed by atoms with van der Waals surface area (Å²) in [5.74, 6) is -0.621. The first kappa shape index (κ1) is 20.4. The van der Waals surface area contributed by atoms with E-state index in [1.54, 1.807) is 46.8 Å². The normalized spacial score (nSPS) is 14.8. The van der Waals surface area contributed by atoms with Crippen molar-refractivity contribution in [1.82, 2.24) is 5.48 Å². The maximum atomic E-state index is 12.8. The lowest BCUT2D eigenvalue weighted by molar-refractivity contribution is -0.149. The average Bonchev–Trinajstić information content (AvgIpc) is 2.52. The van der Waals surface area contributed by atoms with Gasteiger partial charge in [0.2, 0.25) is 5.91 Å². The number of ether oxygens (including phenoxy) is 1.